The summed E-state index contributed by atoms with van der Waals surface area (Å²) in [5.74, 6) is 4.34. The molecule has 1 aromatic rings. The second-order valence-electron chi connectivity index (χ2n) is 11.5. The molecule has 2 N–H and O–H groups in total. The Labute approximate surface area is 208 Å². The van der Waals surface area contributed by atoms with E-state index in [0.717, 1.165) is 62.6 Å². The highest BCUT2D eigenvalue weighted by Crippen LogP contribution is 2.67. The Morgan fingerprint density at radius 3 is 2.74 bits per heavy atom. The molecule has 0 saturated heterocycles. The molecular formula is C29H37N3O3. The standard InChI is InChI=1S/C29H37N3O3/c1-4-29(34)14-9-25-23-6-5-21-17-22(7-12-27(21,2)24(23)8-13-28(25,29)3)32-35-19-26(33)31-18-20-10-15-30-16-11-20/h1,10-11,15-17,23-25,34H,5-9,12-14,18-19H2,2-3H3,(H,31,33)/b32-22+/t23?,24?,25?,27-,28-,29+/m0/s1. The summed E-state index contributed by atoms with van der Waals surface area (Å²) in [4.78, 5) is 21.5. The SMILES string of the molecule is C#C[C@@]1(O)CCC2C3CCC4=C/C(=N/OCC(=O)NCc5ccncc5)CC[C@]4(C)C3CC[C@@]21C. The van der Waals surface area contributed by atoms with Crippen LogP contribution in [-0.2, 0) is 16.2 Å². The van der Waals surface area contributed by atoms with Crippen molar-refractivity contribution >= 4 is 11.6 Å². The van der Waals surface area contributed by atoms with Crippen LogP contribution in [0, 0.1) is 40.9 Å². The monoisotopic (exact) mass is 475 g/mol. The summed E-state index contributed by atoms with van der Waals surface area (Å²) in [5, 5.41) is 18.3. The van der Waals surface area contributed by atoms with Gasteiger partial charge in [-0.05, 0) is 98.3 Å². The van der Waals surface area contributed by atoms with Gasteiger partial charge in [-0.15, -0.1) is 6.42 Å². The molecule has 0 aromatic carbocycles. The van der Waals surface area contributed by atoms with Gasteiger partial charge in [0, 0.05) is 24.4 Å². The number of terminal acetylenes is 1. The zero-order chi connectivity index (χ0) is 24.7. The van der Waals surface area contributed by atoms with Gasteiger partial charge < -0.3 is 15.3 Å². The molecule has 0 aliphatic heterocycles. The first-order chi connectivity index (χ1) is 16.8. The number of aliphatic hydroxyl groups is 1. The van der Waals surface area contributed by atoms with Crippen LogP contribution < -0.4 is 5.32 Å². The Bertz CT molecular complexity index is 1080. The van der Waals surface area contributed by atoms with Crippen molar-refractivity contribution in [2.45, 2.75) is 77.4 Å². The molecule has 0 radical (unpaired) electrons. The summed E-state index contributed by atoms with van der Waals surface area (Å²) in [6.45, 7) is 5.04. The summed E-state index contributed by atoms with van der Waals surface area (Å²) < 4.78 is 0. The normalized spacial score (nSPS) is 39.0. The van der Waals surface area contributed by atoms with E-state index in [1.165, 1.54) is 5.57 Å². The summed E-state index contributed by atoms with van der Waals surface area (Å²) in [6.07, 6.45) is 19.5. The molecule has 0 bridgehead atoms. The van der Waals surface area contributed by atoms with Crippen molar-refractivity contribution in [3.8, 4) is 12.3 Å². The molecule has 4 aliphatic carbocycles. The number of nitrogens with one attached hydrogen (secondary N) is 1. The van der Waals surface area contributed by atoms with E-state index < -0.39 is 5.60 Å². The number of carbonyl (C=O) groups excluding carboxylic acids is 1. The third-order valence-corrected chi connectivity index (χ3v) is 9.98. The number of amides is 1. The highest BCUT2D eigenvalue weighted by atomic mass is 16.6. The minimum Gasteiger partial charge on any atom is -0.385 e. The first-order valence-electron chi connectivity index (χ1n) is 13.0. The lowest BCUT2D eigenvalue weighted by Gasteiger charge is -2.58. The van der Waals surface area contributed by atoms with E-state index in [9.17, 15) is 9.90 Å². The number of allylic oxidation sites excluding steroid dienone is 2. The van der Waals surface area contributed by atoms with E-state index in [-0.39, 0.29) is 23.3 Å². The van der Waals surface area contributed by atoms with Crippen LogP contribution in [0.4, 0.5) is 0 Å². The first kappa shape index (κ1) is 24.1. The number of oxime groups is 1. The number of aromatic nitrogens is 1. The third-order valence-electron chi connectivity index (χ3n) is 9.98. The van der Waals surface area contributed by atoms with Gasteiger partial charge in [-0.3, -0.25) is 9.78 Å². The van der Waals surface area contributed by atoms with Crippen LogP contribution in [0.5, 0.6) is 0 Å². The lowest BCUT2D eigenvalue weighted by atomic mass is 9.46. The van der Waals surface area contributed by atoms with E-state index >= 15 is 0 Å². The van der Waals surface area contributed by atoms with Gasteiger partial charge in [0.25, 0.3) is 5.91 Å². The van der Waals surface area contributed by atoms with E-state index in [0.29, 0.717) is 24.3 Å². The van der Waals surface area contributed by atoms with Crippen LogP contribution in [0.3, 0.4) is 0 Å². The van der Waals surface area contributed by atoms with Gasteiger partial charge >= 0.3 is 0 Å². The molecule has 1 amide bonds. The zero-order valence-corrected chi connectivity index (χ0v) is 20.9. The second-order valence-corrected chi connectivity index (χ2v) is 11.5. The lowest BCUT2D eigenvalue weighted by molar-refractivity contribution is -0.125. The smallest absolute Gasteiger partial charge is 0.261 e. The second kappa shape index (κ2) is 9.09. The van der Waals surface area contributed by atoms with Gasteiger partial charge in [0.1, 0.15) is 5.60 Å². The van der Waals surface area contributed by atoms with E-state index in [4.69, 9.17) is 11.3 Å². The molecule has 6 atom stereocenters. The summed E-state index contributed by atoms with van der Waals surface area (Å²) >= 11 is 0. The molecule has 0 spiro atoms. The van der Waals surface area contributed by atoms with Crippen LogP contribution in [-0.4, -0.2) is 33.9 Å². The Kier molecular flexibility index (Phi) is 6.25. The van der Waals surface area contributed by atoms with Gasteiger partial charge in [-0.25, -0.2) is 0 Å². The van der Waals surface area contributed by atoms with Crippen LogP contribution in [0.2, 0.25) is 0 Å². The van der Waals surface area contributed by atoms with Crippen molar-refractivity contribution in [3.05, 3.63) is 41.7 Å². The van der Waals surface area contributed by atoms with Crippen LogP contribution in [0.25, 0.3) is 0 Å². The predicted molar refractivity (Wildman–Crippen MR) is 135 cm³/mol. The fourth-order valence-electron chi connectivity index (χ4n) is 7.82. The minimum absolute atomic E-state index is 0.0852. The molecule has 186 valence electrons. The average Bonchev–Trinajstić information content (AvgIpc) is 3.14. The molecule has 35 heavy (non-hydrogen) atoms. The number of hydrogen-bond acceptors (Lipinski definition) is 5. The highest BCUT2D eigenvalue weighted by Gasteiger charge is 2.63. The van der Waals surface area contributed by atoms with Crippen LogP contribution in [0.15, 0.2) is 41.3 Å². The Morgan fingerprint density at radius 2 is 1.97 bits per heavy atom. The maximum atomic E-state index is 12.1. The van der Waals surface area contributed by atoms with Crippen molar-refractivity contribution in [2.75, 3.05) is 6.61 Å². The fraction of sp³-hybridized carbons (Fsp3) is 0.621. The van der Waals surface area contributed by atoms with Gasteiger partial charge in [0.2, 0.25) is 0 Å². The number of hydrogen-bond donors (Lipinski definition) is 2. The summed E-state index contributed by atoms with van der Waals surface area (Å²) in [6, 6.07) is 3.74. The van der Waals surface area contributed by atoms with E-state index in [1.807, 2.05) is 12.1 Å². The molecule has 1 heterocycles. The molecule has 6 heteroatoms. The van der Waals surface area contributed by atoms with Gasteiger partial charge in [-0.2, -0.15) is 0 Å². The average molecular weight is 476 g/mol. The van der Waals surface area contributed by atoms with Crippen molar-refractivity contribution in [2.24, 2.45) is 33.7 Å². The molecule has 3 saturated carbocycles. The number of rotatable bonds is 5. The van der Waals surface area contributed by atoms with Crippen molar-refractivity contribution < 1.29 is 14.7 Å². The number of carbonyl (C=O) groups is 1. The van der Waals surface area contributed by atoms with Crippen molar-refractivity contribution in [3.63, 3.8) is 0 Å². The van der Waals surface area contributed by atoms with E-state index in [1.54, 1.807) is 12.4 Å². The Morgan fingerprint density at radius 1 is 1.20 bits per heavy atom. The topological polar surface area (TPSA) is 83.8 Å². The van der Waals surface area contributed by atoms with Gasteiger partial charge in [0.15, 0.2) is 6.61 Å². The maximum Gasteiger partial charge on any atom is 0.261 e. The molecule has 5 rings (SSSR count). The minimum atomic E-state index is -0.950. The van der Waals surface area contributed by atoms with Gasteiger partial charge in [0.05, 0.1) is 5.71 Å². The Balaban J connectivity index is 1.21. The molecule has 1 aromatic heterocycles. The molecule has 3 fully saturated rings. The third kappa shape index (κ3) is 4.08. The molecule has 4 aliphatic rings. The van der Waals surface area contributed by atoms with E-state index in [2.05, 4.69) is 41.3 Å². The zero-order valence-electron chi connectivity index (χ0n) is 20.9. The first-order valence-corrected chi connectivity index (χ1v) is 13.0. The summed E-state index contributed by atoms with van der Waals surface area (Å²) in [5.41, 5.74) is 2.46. The molecule has 3 unspecified atom stereocenters. The number of pyridine rings is 1. The van der Waals surface area contributed by atoms with Crippen molar-refractivity contribution in [1.29, 1.82) is 0 Å². The van der Waals surface area contributed by atoms with Crippen molar-refractivity contribution in [1.82, 2.24) is 10.3 Å². The largest absolute Gasteiger partial charge is 0.385 e. The lowest BCUT2D eigenvalue weighted by Crippen LogP contribution is -2.54. The van der Waals surface area contributed by atoms with Gasteiger partial charge in [-0.1, -0.05) is 30.5 Å². The maximum absolute atomic E-state index is 12.1. The fourth-order valence-corrected chi connectivity index (χ4v) is 7.82. The quantitative estimate of drug-likeness (QED) is 0.488. The van der Waals surface area contributed by atoms with Crippen LogP contribution in [0.1, 0.15) is 70.8 Å². The predicted octanol–water partition coefficient (Wildman–Crippen LogP) is 4.40. The molecule has 6 nitrogen and oxygen atoms in total. The number of fused-ring (bicyclic) bond motifs is 5. The highest BCUT2D eigenvalue weighted by molar-refractivity contribution is 5.96. The number of nitrogens with zero attached hydrogens (tertiary/aromatic N) is 2. The summed E-state index contributed by atoms with van der Waals surface area (Å²) in [7, 11) is 0. The molecular weight excluding hydrogens is 438 g/mol. The van der Waals surface area contributed by atoms with Crippen LogP contribution >= 0.6 is 0 Å². The Hall–Kier alpha value is -2.65.